The number of thiophene rings is 1. The number of hydrogen-bond acceptors (Lipinski definition) is 5. The molecule has 0 aliphatic carbocycles. The summed E-state index contributed by atoms with van der Waals surface area (Å²) in [5.41, 5.74) is 2.65. The van der Waals surface area contributed by atoms with E-state index in [0.717, 1.165) is 16.2 Å². The summed E-state index contributed by atoms with van der Waals surface area (Å²) < 4.78 is 28.9. The maximum Gasteiger partial charge on any atom is 0.243 e. The van der Waals surface area contributed by atoms with E-state index in [1.54, 1.807) is 29.5 Å². The molecule has 0 fully saturated rings. The van der Waals surface area contributed by atoms with Crippen LogP contribution in [-0.2, 0) is 34.8 Å². The smallest absolute Gasteiger partial charge is 0.243 e. The molecule has 0 atom stereocenters. The Morgan fingerprint density at radius 3 is 2.60 bits per heavy atom. The molecule has 162 valence electrons. The van der Waals surface area contributed by atoms with E-state index in [-0.39, 0.29) is 10.8 Å². The standard InChI is InChI=1S/C21H28N4O3S2/c1-5-25(6-2)30(27,28)16-7-8-18-17(13-16)23-20(24(18)4)9-10-21(26)22-14-19-15(3)11-12-29-19/h7-8,11-13H,5-6,9-10,14H2,1-4H3,(H,22,26). The van der Waals surface area contributed by atoms with Gasteiger partial charge < -0.3 is 9.88 Å². The Morgan fingerprint density at radius 1 is 1.23 bits per heavy atom. The zero-order valence-electron chi connectivity index (χ0n) is 17.8. The van der Waals surface area contributed by atoms with Crippen molar-refractivity contribution in [2.75, 3.05) is 13.1 Å². The minimum absolute atomic E-state index is 0.0281. The summed E-state index contributed by atoms with van der Waals surface area (Å²) in [7, 11) is -1.65. The number of rotatable bonds is 9. The second kappa shape index (κ2) is 9.28. The summed E-state index contributed by atoms with van der Waals surface area (Å²) in [5, 5.41) is 4.97. The number of aromatic nitrogens is 2. The Hall–Kier alpha value is -2.23. The lowest BCUT2D eigenvalue weighted by molar-refractivity contribution is -0.121. The van der Waals surface area contributed by atoms with Gasteiger partial charge in [0.1, 0.15) is 5.82 Å². The number of benzene rings is 1. The van der Waals surface area contributed by atoms with Gasteiger partial charge in [0, 0.05) is 37.9 Å². The monoisotopic (exact) mass is 448 g/mol. The molecular formula is C21H28N4O3S2. The Balaban J connectivity index is 1.72. The summed E-state index contributed by atoms with van der Waals surface area (Å²) in [6, 6.07) is 7.06. The number of carbonyl (C=O) groups excluding carboxylic acids is 1. The van der Waals surface area contributed by atoms with Gasteiger partial charge in [-0.3, -0.25) is 4.79 Å². The highest BCUT2D eigenvalue weighted by atomic mass is 32.2. The van der Waals surface area contributed by atoms with Crippen molar-refractivity contribution in [3.05, 3.63) is 45.9 Å². The first kappa shape index (κ1) is 22.5. The summed E-state index contributed by atoms with van der Waals surface area (Å²) in [6.45, 7) is 7.06. The lowest BCUT2D eigenvalue weighted by Crippen LogP contribution is -2.30. The zero-order valence-corrected chi connectivity index (χ0v) is 19.4. The SMILES string of the molecule is CCN(CC)S(=O)(=O)c1ccc2c(c1)nc(CCC(=O)NCc1sccc1C)n2C. The molecule has 3 rings (SSSR count). The van der Waals surface area contributed by atoms with Gasteiger partial charge in [-0.15, -0.1) is 11.3 Å². The fourth-order valence-electron chi connectivity index (χ4n) is 3.40. The van der Waals surface area contributed by atoms with Gasteiger partial charge in [-0.25, -0.2) is 13.4 Å². The van der Waals surface area contributed by atoms with Crippen LogP contribution >= 0.6 is 11.3 Å². The predicted molar refractivity (Wildman–Crippen MR) is 120 cm³/mol. The molecule has 30 heavy (non-hydrogen) atoms. The zero-order chi connectivity index (χ0) is 21.9. The van der Waals surface area contributed by atoms with Crippen LogP contribution in [0.4, 0.5) is 0 Å². The van der Waals surface area contributed by atoms with Crippen LogP contribution in [-0.4, -0.2) is 41.3 Å². The molecule has 2 aromatic heterocycles. The first-order valence-corrected chi connectivity index (χ1v) is 12.3. The maximum absolute atomic E-state index is 12.8. The molecule has 0 aliphatic heterocycles. The topological polar surface area (TPSA) is 84.3 Å². The third-order valence-electron chi connectivity index (χ3n) is 5.28. The van der Waals surface area contributed by atoms with Crippen LogP contribution in [0.25, 0.3) is 11.0 Å². The summed E-state index contributed by atoms with van der Waals surface area (Å²) in [6.07, 6.45) is 0.810. The van der Waals surface area contributed by atoms with Crippen LogP contribution in [0.1, 0.15) is 36.5 Å². The van der Waals surface area contributed by atoms with E-state index in [1.807, 2.05) is 43.8 Å². The summed E-state index contributed by atoms with van der Waals surface area (Å²) >= 11 is 1.64. The van der Waals surface area contributed by atoms with Gasteiger partial charge in [-0.1, -0.05) is 13.8 Å². The lowest BCUT2D eigenvalue weighted by atomic mass is 10.2. The molecule has 0 radical (unpaired) electrons. The fraction of sp³-hybridized carbons (Fsp3) is 0.429. The van der Waals surface area contributed by atoms with Crippen LogP contribution in [0.15, 0.2) is 34.5 Å². The van der Waals surface area contributed by atoms with Crippen molar-refractivity contribution >= 4 is 38.3 Å². The minimum atomic E-state index is -3.53. The van der Waals surface area contributed by atoms with Gasteiger partial charge in [0.15, 0.2) is 0 Å². The van der Waals surface area contributed by atoms with E-state index in [4.69, 9.17) is 0 Å². The number of sulfonamides is 1. The molecule has 9 heteroatoms. The van der Waals surface area contributed by atoms with Crippen LogP contribution in [0.3, 0.4) is 0 Å². The molecule has 0 bridgehead atoms. The van der Waals surface area contributed by atoms with Crippen LogP contribution < -0.4 is 5.32 Å². The number of hydrogen-bond donors (Lipinski definition) is 1. The van der Waals surface area contributed by atoms with E-state index in [1.165, 1.54) is 9.87 Å². The van der Waals surface area contributed by atoms with Crippen molar-refractivity contribution in [1.82, 2.24) is 19.2 Å². The van der Waals surface area contributed by atoms with Crippen molar-refractivity contribution in [3.8, 4) is 0 Å². The summed E-state index contributed by atoms with van der Waals surface area (Å²) in [5.74, 6) is 0.726. The van der Waals surface area contributed by atoms with Crippen LogP contribution in [0, 0.1) is 6.92 Å². The quantitative estimate of drug-likeness (QED) is 0.545. The molecule has 0 saturated carbocycles. The molecule has 1 N–H and O–H groups in total. The average molecular weight is 449 g/mol. The maximum atomic E-state index is 12.8. The molecule has 1 aromatic carbocycles. The average Bonchev–Trinajstić information content (AvgIpc) is 3.27. The molecule has 0 unspecified atom stereocenters. The van der Waals surface area contributed by atoms with E-state index >= 15 is 0 Å². The van der Waals surface area contributed by atoms with Crippen molar-refractivity contribution < 1.29 is 13.2 Å². The van der Waals surface area contributed by atoms with Crippen LogP contribution in [0.5, 0.6) is 0 Å². The molecule has 0 aliphatic rings. The Kier molecular flexibility index (Phi) is 6.95. The highest BCUT2D eigenvalue weighted by molar-refractivity contribution is 7.89. The first-order chi connectivity index (χ1) is 14.3. The van der Waals surface area contributed by atoms with Gasteiger partial charge in [0.05, 0.1) is 22.5 Å². The number of nitrogens with one attached hydrogen (secondary N) is 1. The lowest BCUT2D eigenvalue weighted by Gasteiger charge is -2.18. The van der Waals surface area contributed by atoms with Crippen LogP contribution in [0.2, 0.25) is 0 Å². The molecule has 0 spiro atoms. The number of amides is 1. The molecule has 1 amide bonds. The number of aryl methyl sites for hydroxylation is 3. The number of imidazole rings is 1. The third-order valence-corrected chi connectivity index (χ3v) is 8.35. The van der Waals surface area contributed by atoms with Gasteiger partial charge in [0.2, 0.25) is 15.9 Å². The largest absolute Gasteiger partial charge is 0.351 e. The summed E-state index contributed by atoms with van der Waals surface area (Å²) in [4.78, 5) is 18.2. The van der Waals surface area contributed by atoms with E-state index < -0.39 is 10.0 Å². The Labute approximate surface area is 181 Å². The molecule has 0 saturated heterocycles. The van der Waals surface area contributed by atoms with Crippen molar-refractivity contribution in [2.45, 2.75) is 45.1 Å². The van der Waals surface area contributed by atoms with Crippen molar-refractivity contribution in [2.24, 2.45) is 7.05 Å². The van der Waals surface area contributed by atoms with Crippen molar-refractivity contribution in [3.63, 3.8) is 0 Å². The van der Waals surface area contributed by atoms with Crippen molar-refractivity contribution in [1.29, 1.82) is 0 Å². The fourth-order valence-corrected chi connectivity index (χ4v) is 5.73. The van der Waals surface area contributed by atoms with E-state index in [2.05, 4.69) is 10.3 Å². The first-order valence-electron chi connectivity index (χ1n) is 10.0. The highest BCUT2D eigenvalue weighted by Crippen LogP contribution is 2.23. The number of nitrogens with zero attached hydrogens (tertiary/aromatic N) is 3. The predicted octanol–water partition coefficient (Wildman–Crippen LogP) is 3.22. The second-order valence-corrected chi connectivity index (χ2v) is 10.1. The Morgan fingerprint density at radius 2 is 1.97 bits per heavy atom. The minimum Gasteiger partial charge on any atom is -0.351 e. The molecule has 3 aromatic rings. The van der Waals surface area contributed by atoms with Gasteiger partial charge >= 0.3 is 0 Å². The third kappa shape index (κ3) is 4.58. The number of fused-ring (bicyclic) bond motifs is 1. The highest BCUT2D eigenvalue weighted by Gasteiger charge is 2.22. The van der Waals surface area contributed by atoms with E-state index in [0.29, 0.717) is 38.0 Å². The second-order valence-electron chi connectivity index (χ2n) is 7.13. The Bertz CT molecular complexity index is 1140. The van der Waals surface area contributed by atoms with Gasteiger partial charge in [-0.05, 0) is 42.1 Å². The molecule has 2 heterocycles. The molecule has 7 nitrogen and oxygen atoms in total. The molecular weight excluding hydrogens is 420 g/mol. The number of carbonyl (C=O) groups is 1. The van der Waals surface area contributed by atoms with Gasteiger partial charge in [-0.2, -0.15) is 4.31 Å². The normalized spacial score (nSPS) is 12.0. The van der Waals surface area contributed by atoms with Gasteiger partial charge in [0.25, 0.3) is 0 Å². The van der Waals surface area contributed by atoms with E-state index in [9.17, 15) is 13.2 Å².